The van der Waals surface area contributed by atoms with Crippen LogP contribution in [0.4, 0.5) is 0 Å². The number of hydrogen-bond acceptors (Lipinski definition) is 4. The Balaban J connectivity index is 2.07. The molecule has 0 spiro atoms. The van der Waals surface area contributed by atoms with Crippen molar-refractivity contribution in [1.29, 1.82) is 0 Å². The van der Waals surface area contributed by atoms with Crippen LogP contribution in [-0.4, -0.2) is 30.2 Å². The zero-order chi connectivity index (χ0) is 10.7. The van der Waals surface area contributed by atoms with Gasteiger partial charge in [0, 0.05) is 6.42 Å². The molecule has 5 heteroatoms. The molecule has 1 fully saturated rings. The number of halogens is 1. The Morgan fingerprint density at radius 1 is 1.67 bits per heavy atom. The maximum atomic E-state index is 5.85. The molecule has 1 atom stereocenters. The van der Waals surface area contributed by atoms with Crippen LogP contribution in [0, 0.1) is 5.92 Å². The molecule has 0 amide bonds. The molecule has 0 bridgehead atoms. The summed E-state index contributed by atoms with van der Waals surface area (Å²) in [5.74, 6) is 1.91. The number of methoxy groups -OCH3 is 1. The van der Waals surface area contributed by atoms with E-state index in [0.29, 0.717) is 16.8 Å². The second-order valence-electron chi connectivity index (χ2n) is 3.71. The van der Waals surface area contributed by atoms with Crippen molar-refractivity contribution in [3.63, 3.8) is 0 Å². The molecule has 15 heavy (non-hydrogen) atoms. The van der Waals surface area contributed by atoms with Gasteiger partial charge in [0.2, 0.25) is 5.88 Å². The van der Waals surface area contributed by atoms with Crippen molar-refractivity contribution in [2.45, 2.75) is 12.8 Å². The molecule has 1 aromatic heterocycles. The largest absolute Gasteiger partial charge is 0.480 e. The summed E-state index contributed by atoms with van der Waals surface area (Å²) in [6, 6.07) is 0. The maximum Gasteiger partial charge on any atom is 0.235 e. The summed E-state index contributed by atoms with van der Waals surface area (Å²) in [6.45, 7) is 2.14. The number of hydrogen-bond donors (Lipinski definition) is 1. The highest BCUT2D eigenvalue weighted by atomic mass is 35.5. The third kappa shape index (κ3) is 2.58. The minimum atomic E-state index is 0.464. The third-order valence-electron chi connectivity index (χ3n) is 2.59. The van der Waals surface area contributed by atoms with Crippen molar-refractivity contribution < 1.29 is 4.74 Å². The van der Waals surface area contributed by atoms with Gasteiger partial charge >= 0.3 is 0 Å². The Morgan fingerprint density at radius 3 is 3.20 bits per heavy atom. The van der Waals surface area contributed by atoms with Crippen LogP contribution >= 0.6 is 11.6 Å². The Bertz CT molecular complexity index is 339. The summed E-state index contributed by atoms with van der Waals surface area (Å²) in [5, 5.41) is 3.78. The molecule has 0 aliphatic carbocycles. The Kier molecular flexibility index (Phi) is 3.38. The van der Waals surface area contributed by atoms with Gasteiger partial charge in [-0.1, -0.05) is 11.6 Å². The van der Waals surface area contributed by atoms with Crippen molar-refractivity contribution in [2.24, 2.45) is 5.92 Å². The van der Waals surface area contributed by atoms with Crippen LogP contribution in [0.2, 0.25) is 5.02 Å². The van der Waals surface area contributed by atoms with Crippen molar-refractivity contribution in [3.05, 3.63) is 17.0 Å². The summed E-state index contributed by atoms with van der Waals surface area (Å²) in [4.78, 5) is 8.46. The van der Waals surface area contributed by atoms with E-state index in [2.05, 4.69) is 15.3 Å². The Hall–Kier alpha value is -0.870. The summed E-state index contributed by atoms with van der Waals surface area (Å²) in [5.41, 5.74) is 0. The minimum absolute atomic E-state index is 0.464. The van der Waals surface area contributed by atoms with E-state index in [1.54, 1.807) is 13.3 Å². The van der Waals surface area contributed by atoms with E-state index in [1.165, 1.54) is 6.42 Å². The maximum absolute atomic E-state index is 5.85. The fraction of sp³-hybridized carbons (Fsp3) is 0.600. The first kappa shape index (κ1) is 10.6. The molecule has 1 N–H and O–H groups in total. The highest BCUT2D eigenvalue weighted by Gasteiger charge is 2.17. The van der Waals surface area contributed by atoms with Gasteiger partial charge in [-0.3, -0.25) is 0 Å². The van der Waals surface area contributed by atoms with Crippen molar-refractivity contribution in [1.82, 2.24) is 15.3 Å². The van der Waals surface area contributed by atoms with Gasteiger partial charge in [0.05, 0.1) is 13.3 Å². The highest BCUT2D eigenvalue weighted by Crippen LogP contribution is 2.21. The first-order valence-corrected chi connectivity index (χ1v) is 5.43. The van der Waals surface area contributed by atoms with Gasteiger partial charge in [-0.15, -0.1) is 0 Å². The van der Waals surface area contributed by atoms with E-state index in [4.69, 9.17) is 16.3 Å². The monoisotopic (exact) mass is 227 g/mol. The lowest BCUT2D eigenvalue weighted by Crippen LogP contribution is -2.12. The van der Waals surface area contributed by atoms with Gasteiger partial charge in [-0.05, 0) is 25.4 Å². The van der Waals surface area contributed by atoms with E-state index in [-0.39, 0.29) is 0 Å². The topological polar surface area (TPSA) is 47.0 Å². The van der Waals surface area contributed by atoms with E-state index >= 15 is 0 Å². The third-order valence-corrected chi connectivity index (χ3v) is 2.85. The average Bonchev–Trinajstić information content (AvgIpc) is 2.73. The van der Waals surface area contributed by atoms with Crippen LogP contribution in [0.3, 0.4) is 0 Å². The van der Waals surface area contributed by atoms with Gasteiger partial charge in [0.1, 0.15) is 10.8 Å². The van der Waals surface area contributed by atoms with E-state index < -0.39 is 0 Å². The quantitative estimate of drug-likeness (QED) is 0.846. The molecule has 1 unspecified atom stereocenters. The average molecular weight is 228 g/mol. The van der Waals surface area contributed by atoms with Crippen LogP contribution in [0.25, 0.3) is 0 Å². The van der Waals surface area contributed by atoms with Gasteiger partial charge in [0.25, 0.3) is 0 Å². The molecule has 0 radical (unpaired) electrons. The molecule has 2 heterocycles. The number of ether oxygens (including phenoxy) is 1. The van der Waals surface area contributed by atoms with E-state index in [9.17, 15) is 0 Å². The van der Waals surface area contributed by atoms with Gasteiger partial charge in [0.15, 0.2) is 0 Å². The zero-order valence-corrected chi connectivity index (χ0v) is 9.42. The van der Waals surface area contributed by atoms with Crippen LogP contribution < -0.4 is 10.1 Å². The fourth-order valence-corrected chi connectivity index (χ4v) is 1.94. The Labute approximate surface area is 94.0 Å². The van der Waals surface area contributed by atoms with Gasteiger partial charge in [-0.2, -0.15) is 4.98 Å². The molecule has 1 aliphatic rings. The second kappa shape index (κ2) is 4.77. The minimum Gasteiger partial charge on any atom is -0.480 e. The first-order chi connectivity index (χ1) is 7.29. The molecule has 4 nitrogen and oxygen atoms in total. The number of nitrogens with zero attached hydrogens (tertiary/aromatic N) is 2. The highest BCUT2D eigenvalue weighted by molar-refractivity contribution is 6.31. The molecule has 0 saturated carbocycles. The summed E-state index contributed by atoms with van der Waals surface area (Å²) >= 11 is 5.85. The number of rotatable bonds is 3. The SMILES string of the molecule is COc1nc(CC2CCNC2)ncc1Cl. The number of aromatic nitrogens is 2. The molecular formula is C10H14ClN3O. The van der Waals surface area contributed by atoms with Crippen molar-refractivity contribution >= 4 is 11.6 Å². The van der Waals surface area contributed by atoms with Gasteiger partial charge < -0.3 is 10.1 Å². The molecule has 0 aromatic carbocycles. The molecule has 82 valence electrons. The predicted molar refractivity (Wildman–Crippen MR) is 58.3 cm³/mol. The van der Waals surface area contributed by atoms with Crippen LogP contribution in [0.5, 0.6) is 5.88 Å². The second-order valence-corrected chi connectivity index (χ2v) is 4.11. The molecular weight excluding hydrogens is 214 g/mol. The zero-order valence-electron chi connectivity index (χ0n) is 8.66. The van der Waals surface area contributed by atoms with Crippen LogP contribution in [0.1, 0.15) is 12.2 Å². The summed E-state index contributed by atoms with van der Waals surface area (Å²) < 4.78 is 5.05. The van der Waals surface area contributed by atoms with Crippen molar-refractivity contribution in [2.75, 3.05) is 20.2 Å². The predicted octanol–water partition coefficient (Wildman–Crippen LogP) is 1.29. The molecule has 2 rings (SSSR count). The smallest absolute Gasteiger partial charge is 0.235 e. The lowest BCUT2D eigenvalue weighted by Gasteiger charge is -2.08. The molecule has 1 saturated heterocycles. The normalized spacial score (nSPS) is 20.5. The van der Waals surface area contributed by atoms with Gasteiger partial charge in [-0.25, -0.2) is 4.98 Å². The first-order valence-electron chi connectivity index (χ1n) is 5.05. The fourth-order valence-electron chi connectivity index (χ4n) is 1.77. The van der Waals surface area contributed by atoms with E-state index in [0.717, 1.165) is 25.3 Å². The Morgan fingerprint density at radius 2 is 2.53 bits per heavy atom. The lowest BCUT2D eigenvalue weighted by molar-refractivity contribution is 0.393. The van der Waals surface area contributed by atoms with E-state index in [1.807, 2.05) is 0 Å². The molecule has 1 aromatic rings. The summed E-state index contributed by atoms with van der Waals surface area (Å²) in [6.07, 6.45) is 3.68. The standard InChI is InChI=1S/C10H14ClN3O/c1-15-10-8(11)6-13-9(14-10)4-7-2-3-12-5-7/h6-7,12H,2-5H2,1H3. The number of nitrogens with one attached hydrogen (secondary N) is 1. The van der Waals surface area contributed by atoms with Crippen LogP contribution in [-0.2, 0) is 6.42 Å². The van der Waals surface area contributed by atoms with Crippen LogP contribution in [0.15, 0.2) is 6.20 Å². The van der Waals surface area contributed by atoms with Crippen molar-refractivity contribution in [3.8, 4) is 5.88 Å². The lowest BCUT2D eigenvalue weighted by atomic mass is 10.0. The molecule has 1 aliphatic heterocycles. The summed E-state index contributed by atoms with van der Waals surface area (Å²) in [7, 11) is 1.56.